The molecule has 2 heterocycles. The molecular weight excluding hydrogens is 524 g/mol. The van der Waals surface area contributed by atoms with Crippen LogP contribution in [0.5, 0.6) is 11.5 Å². The molecule has 5 rings (SSSR count). The fourth-order valence-electron chi connectivity index (χ4n) is 5.37. The van der Waals surface area contributed by atoms with E-state index < -0.39 is 0 Å². The molecule has 0 unspecified atom stereocenters. The maximum Gasteiger partial charge on any atom is 0.200 e. The Labute approximate surface area is 241 Å². The lowest BCUT2D eigenvalue weighted by Gasteiger charge is -2.36. The van der Waals surface area contributed by atoms with E-state index in [2.05, 4.69) is 29.0 Å². The Bertz CT molecular complexity index is 1440. The smallest absolute Gasteiger partial charge is 0.200 e. The molecule has 3 aromatic carbocycles. The van der Waals surface area contributed by atoms with E-state index in [4.69, 9.17) is 25.5 Å². The molecule has 1 saturated heterocycles. The third-order valence-corrected chi connectivity index (χ3v) is 8.07. The molecule has 4 aromatic rings. The standard InChI is InChI=1S/C33H37ClN2O4/c1-35(27-15-18-36(19-16-27)22-24-5-9-26(34)10-6-24)17-3-4-20-39-29-13-14-30-32(21-29)40-23-31(33(30)37)25-7-11-28(38-2)12-8-25/h5-14,21,23,27H,3-4,15-20,22H2,1-2H3. The predicted octanol–water partition coefficient (Wildman–Crippen LogP) is 6.88. The molecule has 6 nitrogen and oxygen atoms in total. The maximum absolute atomic E-state index is 13.1. The molecule has 0 spiro atoms. The molecule has 0 bridgehead atoms. The summed E-state index contributed by atoms with van der Waals surface area (Å²) in [7, 11) is 3.86. The van der Waals surface area contributed by atoms with Crippen LogP contribution < -0.4 is 14.9 Å². The third kappa shape index (κ3) is 7.05. The van der Waals surface area contributed by atoms with Crippen LogP contribution in [0.2, 0.25) is 5.02 Å². The first-order valence-corrected chi connectivity index (χ1v) is 14.4. The average molecular weight is 561 g/mol. The van der Waals surface area contributed by atoms with E-state index in [0.29, 0.717) is 34.9 Å². The number of likely N-dealkylation sites (tertiary alicyclic amines) is 1. The van der Waals surface area contributed by atoms with Crippen LogP contribution in [0.3, 0.4) is 0 Å². The highest BCUT2D eigenvalue weighted by Gasteiger charge is 2.22. The minimum absolute atomic E-state index is 0.0585. The number of hydrogen-bond donors (Lipinski definition) is 0. The zero-order valence-corrected chi connectivity index (χ0v) is 24.0. The van der Waals surface area contributed by atoms with Gasteiger partial charge in [0, 0.05) is 23.7 Å². The van der Waals surface area contributed by atoms with E-state index in [-0.39, 0.29) is 5.43 Å². The first-order valence-electron chi connectivity index (χ1n) is 14.0. The van der Waals surface area contributed by atoms with Crippen molar-refractivity contribution in [2.24, 2.45) is 0 Å². The summed E-state index contributed by atoms with van der Waals surface area (Å²) in [6.07, 6.45) is 5.97. The highest BCUT2D eigenvalue weighted by Crippen LogP contribution is 2.25. The number of rotatable bonds is 11. The van der Waals surface area contributed by atoms with E-state index in [1.54, 1.807) is 19.2 Å². The van der Waals surface area contributed by atoms with Crippen molar-refractivity contribution in [2.75, 3.05) is 40.4 Å². The number of nitrogens with zero attached hydrogens (tertiary/aromatic N) is 2. The molecule has 1 fully saturated rings. The quantitative estimate of drug-likeness (QED) is 0.186. The number of benzene rings is 3. The Kier molecular flexibility index (Phi) is 9.42. The van der Waals surface area contributed by atoms with E-state index in [0.717, 1.165) is 55.4 Å². The number of fused-ring (bicyclic) bond motifs is 1. The van der Waals surface area contributed by atoms with Gasteiger partial charge in [0.05, 0.1) is 24.7 Å². The van der Waals surface area contributed by atoms with Gasteiger partial charge in [-0.2, -0.15) is 0 Å². The zero-order valence-electron chi connectivity index (χ0n) is 23.3. The number of ether oxygens (including phenoxy) is 2. The van der Waals surface area contributed by atoms with Gasteiger partial charge in [0.1, 0.15) is 23.3 Å². The van der Waals surface area contributed by atoms with E-state index in [1.807, 2.05) is 42.5 Å². The molecule has 0 saturated carbocycles. The highest BCUT2D eigenvalue weighted by atomic mass is 35.5. The minimum atomic E-state index is -0.0585. The zero-order chi connectivity index (χ0) is 27.9. The molecule has 0 aliphatic carbocycles. The molecular formula is C33H37ClN2O4. The molecule has 0 atom stereocenters. The van der Waals surface area contributed by atoms with Crippen molar-refractivity contribution in [3.05, 3.63) is 93.8 Å². The Hall–Kier alpha value is -3.32. The van der Waals surface area contributed by atoms with Crippen LogP contribution in [0.25, 0.3) is 22.1 Å². The Morgan fingerprint density at radius 2 is 1.70 bits per heavy atom. The van der Waals surface area contributed by atoms with Crippen molar-refractivity contribution in [3.8, 4) is 22.6 Å². The fourth-order valence-corrected chi connectivity index (χ4v) is 5.50. The highest BCUT2D eigenvalue weighted by molar-refractivity contribution is 6.30. The molecule has 1 aliphatic heterocycles. The van der Waals surface area contributed by atoms with Gasteiger partial charge in [-0.05, 0) is 99.9 Å². The topological polar surface area (TPSA) is 55.2 Å². The van der Waals surface area contributed by atoms with Crippen molar-refractivity contribution >= 4 is 22.6 Å². The summed E-state index contributed by atoms with van der Waals surface area (Å²) < 4.78 is 17.0. The second kappa shape index (κ2) is 13.4. The molecule has 7 heteroatoms. The Morgan fingerprint density at radius 1 is 0.975 bits per heavy atom. The molecule has 40 heavy (non-hydrogen) atoms. The number of unbranched alkanes of at least 4 members (excludes halogenated alkanes) is 1. The van der Waals surface area contributed by atoms with E-state index in [1.165, 1.54) is 24.7 Å². The summed E-state index contributed by atoms with van der Waals surface area (Å²) in [5.41, 5.74) is 3.12. The lowest BCUT2D eigenvalue weighted by molar-refractivity contribution is 0.121. The summed E-state index contributed by atoms with van der Waals surface area (Å²) in [4.78, 5) is 18.1. The Balaban J connectivity index is 1.05. The van der Waals surface area contributed by atoms with Gasteiger partial charge in [-0.25, -0.2) is 0 Å². The summed E-state index contributed by atoms with van der Waals surface area (Å²) >= 11 is 6.01. The van der Waals surface area contributed by atoms with Gasteiger partial charge >= 0.3 is 0 Å². The summed E-state index contributed by atoms with van der Waals surface area (Å²) in [6, 6.07) is 21.6. The van der Waals surface area contributed by atoms with E-state index in [9.17, 15) is 4.79 Å². The summed E-state index contributed by atoms with van der Waals surface area (Å²) in [5.74, 6) is 1.46. The van der Waals surface area contributed by atoms with Crippen LogP contribution in [-0.2, 0) is 6.54 Å². The Morgan fingerprint density at radius 3 is 2.42 bits per heavy atom. The molecule has 0 amide bonds. The van der Waals surface area contributed by atoms with Gasteiger partial charge in [-0.15, -0.1) is 0 Å². The van der Waals surface area contributed by atoms with Crippen LogP contribution in [-0.4, -0.2) is 56.2 Å². The summed E-state index contributed by atoms with van der Waals surface area (Å²) in [5, 5.41) is 1.33. The van der Waals surface area contributed by atoms with Crippen molar-refractivity contribution in [3.63, 3.8) is 0 Å². The van der Waals surface area contributed by atoms with Crippen LogP contribution in [0.4, 0.5) is 0 Å². The van der Waals surface area contributed by atoms with Crippen LogP contribution in [0.1, 0.15) is 31.2 Å². The lowest BCUT2D eigenvalue weighted by Crippen LogP contribution is -2.43. The number of hydrogen-bond acceptors (Lipinski definition) is 6. The third-order valence-electron chi connectivity index (χ3n) is 7.82. The average Bonchev–Trinajstić information content (AvgIpc) is 2.99. The molecule has 210 valence electrons. The van der Waals surface area contributed by atoms with Gasteiger partial charge in [-0.3, -0.25) is 9.69 Å². The first kappa shape index (κ1) is 28.2. The molecule has 1 aromatic heterocycles. The van der Waals surface area contributed by atoms with Crippen molar-refractivity contribution in [1.29, 1.82) is 0 Å². The van der Waals surface area contributed by atoms with Crippen LogP contribution >= 0.6 is 11.6 Å². The minimum Gasteiger partial charge on any atom is -0.497 e. The predicted molar refractivity (Wildman–Crippen MR) is 162 cm³/mol. The molecule has 0 N–H and O–H groups in total. The monoisotopic (exact) mass is 560 g/mol. The van der Waals surface area contributed by atoms with Crippen molar-refractivity contribution in [2.45, 2.75) is 38.3 Å². The van der Waals surface area contributed by atoms with Gasteiger partial charge in [0.15, 0.2) is 5.43 Å². The fraction of sp³-hybridized carbons (Fsp3) is 0.364. The van der Waals surface area contributed by atoms with Gasteiger partial charge in [0.2, 0.25) is 0 Å². The summed E-state index contributed by atoms with van der Waals surface area (Å²) in [6.45, 7) is 4.94. The van der Waals surface area contributed by atoms with Crippen LogP contribution in [0, 0.1) is 0 Å². The number of halogens is 1. The molecule has 0 radical (unpaired) electrons. The van der Waals surface area contributed by atoms with Gasteiger partial charge in [-0.1, -0.05) is 35.9 Å². The van der Waals surface area contributed by atoms with Crippen molar-refractivity contribution < 1.29 is 13.9 Å². The van der Waals surface area contributed by atoms with Gasteiger partial charge in [0.25, 0.3) is 0 Å². The number of methoxy groups -OCH3 is 1. The normalized spacial score (nSPS) is 14.6. The molecule has 1 aliphatic rings. The largest absolute Gasteiger partial charge is 0.497 e. The lowest BCUT2D eigenvalue weighted by atomic mass is 10.0. The second-order valence-corrected chi connectivity index (χ2v) is 11.0. The van der Waals surface area contributed by atoms with Crippen molar-refractivity contribution in [1.82, 2.24) is 9.80 Å². The van der Waals surface area contributed by atoms with E-state index >= 15 is 0 Å². The first-order chi connectivity index (χ1) is 19.5. The number of piperidine rings is 1. The van der Waals surface area contributed by atoms with Gasteiger partial charge < -0.3 is 18.8 Å². The van der Waals surface area contributed by atoms with Crippen LogP contribution in [0.15, 0.2) is 82.2 Å². The maximum atomic E-state index is 13.1. The SMILES string of the molecule is COc1ccc(-c2coc3cc(OCCCCN(C)C4CCN(Cc5ccc(Cl)cc5)CC4)ccc3c2=O)cc1. The second-order valence-electron chi connectivity index (χ2n) is 10.5.